The molecule has 0 aliphatic heterocycles. The Bertz CT molecular complexity index is 1270. The van der Waals surface area contributed by atoms with Gasteiger partial charge in [0, 0.05) is 18.3 Å². The van der Waals surface area contributed by atoms with Crippen molar-refractivity contribution in [2.75, 3.05) is 24.1 Å². The number of hydrogen-bond donors (Lipinski definition) is 2. The molecule has 1 saturated carbocycles. The van der Waals surface area contributed by atoms with E-state index in [0.29, 0.717) is 11.6 Å². The normalized spacial score (nSPS) is 20.6. The van der Waals surface area contributed by atoms with Crippen LogP contribution in [0.15, 0.2) is 59.9 Å². The molecule has 186 valence electrons. The summed E-state index contributed by atoms with van der Waals surface area (Å²) in [6.07, 6.45) is 5.39. The second-order valence-corrected chi connectivity index (χ2v) is 11.2. The van der Waals surface area contributed by atoms with Crippen molar-refractivity contribution in [3.63, 3.8) is 0 Å². The lowest BCUT2D eigenvalue weighted by Gasteiger charge is -2.41. The number of halogens is 2. The van der Waals surface area contributed by atoms with Gasteiger partial charge in [-0.2, -0.15) is 0 Å². The Hall–Kier alpha value is -2.75. The monoisotopic (exact) mass is 517 g/mol. The summed E-state index contributed by atoms with van der Waals surface area (Å²) in [7, 11) is -0.147. The molecule has 0 amide bonds. The van der Waals surface area contributed by atoms with Crippen LogP contribution >= 0.6 is 11.6 Å². The maximum Gasteiger partial charge on any atom is 0.266 e. The first-order valence-corrected chi connectivity index (χ1v) is 13.3. The van der Waals surface area contributed by atoms with Gasteiger partial charge < -0.3 is 10.2 Å². The predicted octanol–water partition coefficient (Wildman–Crippen LogP) is 5.06. The Morgan fingerprint density at radius 1 is 1.11 bits per heavy atom. The van der Waals surface area contributed by atoms with Crippen molar-refractivity contribution in [3.05, 3.63) is 77.0 Å². The summed E-state index contributed by atoms with van der Waals surface area (Å²) < 4.78 is 42.7. The highest BCUT2D eigenvalue weighted by Gasteiger charge is 2.33. The van der Waals surface area contributed by atoms with Crippen LogP contribution in [0.25, 0.3) is 0 Å². The highest BCUT2D eigenvalue weighted by molar-refractivity contribution is 7.92. The number of nitrogens with one attached hydrogen (secondary N) is 2. The number of anilines is 2. The molecule has 1 aromatic heterocycles. The summed E-state index contributed by atoms with van der Waals surface area (Å²) in [6, 6.07) is 12.6. The van der Waals surface area contributed by atoms with Gasteiger partial charge in [0.1, 0.15) is 22.9 Å². The third-order valence-corrected chi connectivity index (χ3v) is 8.18. The minimum Gasteiger partial charge on any atom is -0.379 e. The zero-order chi connectivity index (χ0) is 25.2. The average Bonchev–Trinajstić information content (AvgIpc) is 2.82. The van der Waals surface area contributed by atoms with Gasteiger partial charge in [0.25, 0.3) is 10.0 Å². The van der Waals surface area contributed by atoms with Crippen LogP contribution in [-0.4, -0.2) is 49.5 Å². The molecule has 3 aromatic rings. The van der Waals surface area contributed by atoms with Crippen molar-refractivity contribution in [1.82, 2.24) is 14.9 Å². The van der Waals surface area contributed by atoms with E-state index in [1.54, 1.807) is 0 Å². The van der Waals surface area contributed by atoms with E-state index in [4.69, 9.17) is 11.6 Å². The molecule has 7 nitrogen and oxygen atoms in total. The number of aromatic nitrogens is 2. The Labute approximate surface area is 210 Å². The van der Waals surface area contributed by atoms with Gasteiger partial charge in [0.15, 0.2) is 0 Å². The second-order valence-electron chi connectivity index (χ2n) is 9.17. The van der Waals surface area contributed by atoms with Crippen molar-refractivity contribution in [1.29, 1.82) is 0 Å². The Morgan fingerprint density at radius 2 is 1.86 bits per heavy atom. The number of aryl methyl sites for hydroxylation is 1. The number of likely N-dealkylation sites (N-methyl/N-ethyl adjacent to an activating group) is 1. The van der Waals surface area contributed by atoms with Crippen LogP contribution in [0.4, 0.5) is 15.9 Å². The molecular weight excluding hydrogens is 489 g/mol. The molecule has 1 fully saturated rings. The number of benzene rings is 2. The summed E-state index contributed by atoms with van der Waals surface area (Å²) in [5.74, 6) is -0.418. The van der Waals surface area contributed by atoms with Crippen LogP contribution in [0.3, 0.4) is 0 Å². The highest BCUT2D eigenvalue weighted by Crippen LogP contribution is 2.37. The van der Waals surface area contributed by atoms with Crippen molar-refractivity contribution in [2.45, 2.75) is 49.1 Å². The molecule has 1 heterocycles. The van der Waals surface area contributed by atoms with Crippen molar-refractivity contribution in [3.8, 4) is 0 Å². The van der Waals surface area contributed by atoms with E-state index in [2.05, 4.69) is 56.1 Å². The molecule has 0 saturated heterocycles. The molecule has 0 unspecified atom stereocenters. The van der Waals surface area contributed by atoms with Crippen LogP contribution in [0, 0.1) is 12.7 Å². The predicted molar refractivity (Wildman–Crippen MR) is 137 cm³/mol. The smallest absolute Gasteiger partial charge is 0.266 e. The van der Waals surface area contributed by atoms with Crippen LogP contribution in [0.1, 0.15) is 36.3 Å². The topological polar surface area (TPSA) is 87.2 Å². The molecule has 0 radical (unpaired) electrons. The van der Waals surface area contributed by atoms with Gasteiger partial charge in [0.05, 0.1) is 10.7 Å². The maximum atomic E-state index is 15.0. The van der Waals surface area contributed by atoms with Crippen LogP contribution in [-0.2, 0) is 10.0 Å². The van der Waals surface area contributed by atoms with Crippen LogP contribution < -0.4 is 10.0 Å². The van der Waals surface area contributed by atoms with Crippen LogP contribution in [0.2, 0.25) is 5.02 Å². The van der Waals surface area contributed by atoms with Gasteiger partial charge in [-0.25, -0.2) is 22.8 Å². The largest absolute Gasteiger partial charge is 0.379 e. The molecule has 10 heteroatoms. The van der Waals surface area contributed by atoms with Gasteiger partial charge >= 0.3 is 0 Å². The summed E-state index contributed by atoms with van der Waals surface area (Å²) in [4.78, 5) is 9.19. The lowest BCUT2D eigenvalue weighted by Crippen LogP contribution is -2.47. The van der Waals surface area contributed by atoms with Crippen molar-refractivity contribution >= 4 is 33.1 Å². The van der Waals surface area contributed by atoms with E-state index in [1.165, 1.54) is 29.7 Å². The average molecular weight is 518 g/mol. The fourth-order valence-corrected chi connectivity index (χ4v) is 5.99. The number of hydrogen-bond acceptors (Lipinski definition) is 6. The van der Waals surface area contributed by atoms with Gasteiger partial charge in [-0.1, -0.05) is 41.4 Å². The third kappa shape index (κ3) is 5.91. The highest BCUT2D eigenvalue weighted by atomic mass is 35.5. The van der Waals surface area contributed by atoms with E-state index >= 15 is 0 Å². The quantitative estimate of drug-likeness (QED) is 0.455. The Balaban J connectivity index is 1.52. The molecule has 3 atom stereocenters. The molecule has 2 aromatic carbocycles. The van der Waals surface area contributed by atoms with Gasteiger partial charge in [0.2, 0.25) is 0 Å². The Morgan fingerprint density at radius 3 is 2.51 bits per heavy atom. The van der Waals surface area contributed by atoms with Crippen molar-refractivity contribution in [2.24, 2.45) is 0 Å². The zero-order valence-electron chi connectivity index (χ0n) is 19.9. The molecule has 2 N–H and O–H groups in total. The molecule has 1 aliphatic carbocycles. The van der Waals surface area contributed by atoms with Crippen molar-refractivity contribution < 1.29 is 12.8 Å². The Kier molecular flexibility index (Phi) is 7.59. The van der Waals surface area contributed by atoms with Gasteiger partial charge in [-0.05, 0) is 70.0 Å². The first-order valence-electron chi connectivity index (χ1n) is 11.4. The van der Waals surface area contributed by atoms with E-state index in [1.807, 2.05) is 14.1 Å². The summed E-state index contributed by atoms with van der Waals surface area (Å²) in [5, 5.41) is 3.51. The molecular formula is C25H29ClFN5O2S. The first kappa shape index (κ1) is 25.3. The van der Waals surface area contributed by atoms with E-state index in [-0.39, 0.29) is 22.9 Å². The molecule has 1 aliphatic rings. The molecule has 0 bridgehead atoms. The maximum absolute atomic E-state index is 15.0. The fraction of sp³-hybridized carbons (Fsp3) is 0.360. The summed E-state index contributed by atoms with van der Waals surface area (Å²) >= 11 is 6.44. The lowest BCUT2D eigenvalue weighted by molar-refractivity contribution is 0.196. The number of sulfonamides is 1. The molecule has 4 rings (SSSR count). The lowest BCUT2D eigenvalue weighted by atomic mass is 9.78. The molecule has 0 spiro atoms. The number of nitrogens with zero attached hydrogens (tertiary/aromatic N) is 3. The van der Waals surface area contributed by atoms with E-state index in [9.17, 15) is 12.8 Å². The van der Waals surface area contributed by atoms with Crippen LogP contribution in [0.5, 0.6) is 0 Å². The van der Waals surface area contributed by atoms with Gasteiger partial charge in [-0.3, -0.25) is 4.72 Å². The minimum absolute atomic E-state index is 0.0326. The second kappa shape index (κ2) is 10.5. The minimum atomic E-state index is -4.22. The van der Waals surface area contributed by atoms with E-state index < -0.39 is 20.7 Å². The summed E-state index contributed by atoms with van der Waals surface area (Å²) in [5.41, 5.74) is 2.94. The number of rotatable bonds is 7. The molecule has 35 heavy (non-hydrogen) atoms. The standard InChI is InChI=1S/C25H29ClFN5O2S/c1-16-4-6-17(7-5-16)18-8-9-21(23(12-18)32(2)3)30-22-14-20(27)24(13-19(22)26)35(33,34)31-25-10-11-28-15-29-25/h4-7,10-11,13-15,18,21,23,30H,8-9,12H2,1-3H3,(H,28,29,31)/t18-,21-,23-/m0/s1. The SMILES string of the molecule is Cc1ccc([C@H]2CC[C@H](Nc3cc(F)c(S(=O)(=O)Nc4ccncn4)cc3Cl)[C@@H](N(C)C)C2)cc1. The summed E-state index contributed by atoms with van der Waals surface area (Å²) in [6.45, 7) is 2.08. The third-order valence-electron chi connectivity index (χ3n) is 6.50. The zero-order valence-corrected chi connectivity index (χ0v) is 21.4. The fourth-order valence-electron chi connectivity index (χ4n) is 4.62. The van der Waals surface area contributed by atoms with E-state index in [0.717, 1.165) is 31.4 Å². The first-order chi connectivity index (χ1) is 16.6. The van der Waals surface area contributed by atoms with Gasteiger partial charge in [-0.15, -0.1) is 0 Å².